The molecule has 0 radical (unpaired) electrons. The van der Waals surface area contributed by atoms with Crippen molar-refractivity contribution in [2.24, 2.45) is 17.5 Å². The second kappa shape index (κ2) is 5.16. The first-order valence-corrected chi connectivity index (χ1v) is 4.90. The van der Waals surface area contributed by atoms with Crippen LogP contribution in [-0.4, -0.2) is 20.0 Å². The summed E-state index contributed by atoms with van der Waals surface area (Å²) >= 11 is 0. The Labute approximate surface area is 109 Å². The standard InChI is InChI=1S/C8H18N7O4/c1-5-12-16-13(9,6-2)18-15(11,8-4)19-14(10,7-3)17-12/h5-8H,1-4,9-11H2/q+3. The van der Waals surface area contributed by atoms with Gasteiger partial charge < -0.3 is 0 Å². The summed E-state index contributed by atoms with van der Waals surface area (Å²) in [6.45, 7) is 13.7. The molecular weight excluding hydrogens is 258 g/mol. The quantitative estimate of drug-likeness (QED) is 0.457. The molecule has 1 heterocycles. The predicted molar refractivity (Wildman–Crippen MR) is 60.3 cm³/mol. The molecule has 0 spiro atoms. The summed E-state index contributed by atoms with van der Waals surface area (Å²) in [7, 11) is 0. The van der Waals surface area contributed by atoms with Gasteiger partial charge in [0.1, 0.15) is 19.7 Å². The topological polar surface area (TPSA) is 118 Å². The number of hydrogen-bond acceptors (Lipinski definition) is 8. The Morgan fingerprint density at radius 3 is 1.37 bits per heavy atom. The van der Waals surface area contributed by atoms with Gasteiger partial charge in [-0.05, 0) is 25.0 Å². The van der Waals surface area contributed by atoms with E-state index in [4.69, 9.17) is 37.3 Å². The maximum atomic E-state index is 5.70. The lowest BCUT2D eigenvalue weighted by Crippen LogP contribution is -2.71. The molecule has 2 atom stereocenters. The highest BCUT2D eigenvalue weighted by Gasteiger charge is 2.55. The first-order chi connectivity index (χ1) is 8.74. The number of quaternary nitrogens is 3. The Bertz CT molecular complexity index is 379. The first kappa shape index (κ1) is 15.4. The largest absolute Gasteiger partial charge is 0.191 e. The van der Waals surface area contributed by atoms with Gasteiger partial charge in [0.25, 0.3) is 0 Å². The summed E-state index contributed by atoms with van der Waals surface area (Å²) in [5.74, 6) is 17.1. The fraction of sp³-hybridized carbons (Fsp3) is 0. The van der Waals surface area contributed by atoms with E-state index >= 15 is 0 Å². The summed E-state index contributed by atoms with van der Waals surface area (Å²) in [6.07, 6.45) is 4.24. The Morgan fingerprint density at radius 2 is 1.11 bits per heavy atom. The van der Waals surface area contributed by atoms with Gasteiger partial charge >= 0.3 is 0 Å². The fourth-order valence-corrected chi connectivity index (χ4v) is 0.977. The van der Waals surface area contributed by atoms with Crippen molar-refractivity contribution in [1.82, 2.24) is 5.23 Å². The molecule has 6 N–H and O–H groups in total. The molecule has 1 rings (SSSR count). The van der Waals surface area contributed by atoms with Gasteiger partial charge in [0.2, 0.25) is 0 Å². The van der Waals surface area contributed by atoms with Crippen LogP contribution in [0.1, 0.15) is 0 Å². The maximum Gasteiger partial charge on any atom is 0.191 e. The number of hydroxylamine groups is 8. The smallest absolute Gasteiger partial charge is 0.101 e. The molecule has 1 saturated heterocycles. The molecule has 11 heteroatoms. The van der Waals surface area contributed by atoms with Crippen molar-refractivity contribution in [1.29, 1.82) is 0 Å². The van der Waals surface area contributed by atoms with Crippen molar-refractivity contribution in [3.63, 3.8) is 0 Å². The van der Waals surface area contributed by atoms with Gasteiger partial charge in [-0.25, -0.2) is 0 Å². The summed E-state index contributed by atoms with van der Waals surface area (Å²) in [5, 5.41) is 0.677. The molecule has 0 saturated carbocycles. The predicted octanol–water partition coefficient (Wildman–Crippen LogP) is -0.666. The zero-order valence-electron chi connectivity index (χ0n) is 10.3. The Balaban J connectivity index is 3.18. The van der Waals surface area contributed by atoms with Crippen LogP contribution >= 0.6 is 0 Å². The summed E-state index contributed by atoms with van der Waals surface area (Å²) < 4.78 is 0. The Kier molecular flexibility index (Phi) is 4.18. The molecule has 0 amide bonds. The molecule has 0 bridgehead atoms. The van der Waals surface area contributed by atoms with E-state index < -0.39 is 14.8 Å². The van der Waals surface area contributed by atoms with E-state index in [1.807, 2.05) is 0 Å². The molecule has 0 aliphatic carbocycles. The third-order valence-electron chi connectivity index (χ3n) is 1.84. The lowest BCUT2D eigenvalue weighted by molar-refractivity contribution is -1.56. The van der Waals surface area contributed by atoms with Crippen molar-refractivity contribution >= 4 is 0 Å². The van der Waals surface area contributed by atoms with Crippen LogP contribution in [0.4, 0.5) is 0 Å². The van der Waals surface area contributed by atoms with Gasteiger partial charge in [-0.1, -0.05) is 12.4 Å². The van der Waals surface area contributed by atoms with Crippen LogP contribution in [0.15, 0.2) is 51.1 Å². The van der Waals surface area contributed by atoms with Gasteiger partial charge in [-0.2, -0.15) is 0 Å². The van der Waals surface area contributed by atoms with Gasteiger partial charge in [-0.3, -0.25) is 0 Å². The molecule has 2 unspecified atom stereocenters. The zero-order chi connectivity index (χ0) is 14.7. The van der Waals surface area contributed by atoms with Crippen LogP contribution in [0.25, 0.3) is 0 Å². The van der Waals surface area contributed by atoms with E-state index in [1.54, 1.807) is 0 Å². The number of rotatable bonds is 4. The minimum absolute atomic E-state index is 0.677. The molecule has 11 nitrogen and oxygen atoms in total. The second-order valence-electron chi connectivity index (χ2n) is 3.28. The van der Waals surface area contributed by atoms with Crippen LogP contribution in [0.2, 0.25) is 0 Å². The monoisotopic (exact) mass is 276 g/mol. The minimum Gasteiger partial charge on any atom is -0.101 e. The molecule has 0 aromatic rings. The lowest BCUT2D eigenvalue weighted by Gasteiger charge is -2.33. The van der Waals surface area contributed by atoms with Crippen molar-refractivity contribution in [3.8, 4) is 0 Å². The molecule has 1 aliphatic rings. The molecule has 0 aromatic carbocycles. The van der Waals surface area contributed by atoms with E-state index in [9.17, 15) is 0 Å². The van der Waals surface area contributed by atoms with Crippen LogP contribution in [-0.2, 0) is 19.8 Å². The van der Waals surface area contributed by atoms with Crippen molar-refractivity contribution in [2.45, 2.75) is 0 Å². The van der Waals surface area contributed by atoms with Gasteiger partial charge in [-0.15, -0.1) is 11.7 Å². The Morgan fingerprint density at radius 1 is 0.737 bits per heavy atom. The third kappa shape index (κ3) is 3.43. The zero-order valence-corrected chi connectivity index (χ0v) is 10.3. The average Bonchev–Trinajstić information content (AvgIpc) is 2.36. The lowest BCUT2D eigenvalue weighted by atomic mass is 11.0. The van der Waals surface area contributed by atoms with Crippen molar-refractivity contribution in [3.05, 3.63) is 51.1 Å². The number of hydrogen-bond donors (Lipinski definition) is 3. The maximum absolute atomic E-state index is 5.70. The van der Waals surface area contributed by atoms with Crippen LogP contribution in [0.3, 0.4) is 0 Å². The summed E-state index contributed by atoms with van der Waals surface area (Å²) in [4.78, 5) is 16.8. The highest BCUT2D eigenvalue weighted by molar-refractivity contribution is 4.53. The van der Waals surface area contributed by atoms with E-state index in [0.717, 1.165) is 24.8 Å². The van der Waals surface area contributed by atoms with Crippen LogP contribution in [0, 0.1) is 0 Å². The second-order valence-corrected chi connectivity index (χ2v) is 3.28. The number of nitrogens with two attached hydrogens (primary N) is 3. The molecular formula is C8H18N7O4+3. The average molecular weight is 276 g/mol. The normalized spacial score (nSPS) is 39.8. The van der Waals surface area contributed by atoms with E-state index in [0.29, 0.717) is 5.23 Å². The van der Waals surface area contributed by atoms with E-state index in [2.05, 4.69) is 26.3 Å². The molecule has 1 aliphatic heterocycles. The molecule has 19 heavy (non-hydrogen) atoms. The van der Waals surface area contributed by atoms with E-state index in [1.165, 1.54) is 0 Å². The summed E-state index contributed by atoms with van der Waals surface area (Å²) in [6, 6.07) is 0. The van der Waals surface area contributed by atoms with Gasteiger partial charge in [0.15, 0.2) is 23.5 Å². The Hall–Kier alpha value is -1.64. The van der Waals surface area contributed by atoms with Crippen molar-refractivity contribution < 1.29 is 34.5 Å². The molecule has 0 aromatic heterocycles. The van der Waals surface area contributed by atoms with Crippen LogP contribution < -0.4 is 17.5 Å². The molecule has 1 fully saturated rings. The van der Waals surface area contributed by atoms with Gasteiger partial charge in [0.05, 0.1) is 6.20 Å². The highest BCUT2D eigenvalue weighted by Crippen LogP contribution is 2.23. The third-order valence-corrected chi connectivity index (χ3v) is 1.84. The van der Waals surface area contributed by atoms with Crippen molar-refractivity contribution in [2.75, 3.05) is 0 Å². The first-order valence-electron chi connectivity index (χ1n) is 4.90. The summed E-state index contributed by atoms with van der Waals surface area (Å²) in [5.41, 5.74) is 0. The van der Waals surface area contributed by atoms with E-state index in [-0.39, 0.29) is 0 Å². The van der Waals surface area contributed by atoms with Gasteiger partial charge in [0, 0.05) is 9.88 Å². The van der Waals surface area contributed by atoms with Crippen LogP contribution in [0.5, 0.6) is 0 Å². The molecule has 106 valence electrons. The minimum atomic E-state index is -1.23. The number of nitrogens with zero attached hydrogens (tertiary/aromatic N) is 4. The SMILES string of the molecule is C=CN1O[N+](N)(C=C)O[N+](N)(C=C)O[N+](N)(C=C)O1. The highest BCUT2D eigenvalue weighted by atomic mass is 17.4. The fourth-order valence-electron chi connectivity index (χ4n) is 0.977.